The third-order valence-electron chi connectivity index (χ3n) is 4.41. The second-order valence-corrected chi connectivity index (χ2v) is 8.34. The molecule has 0 saturated carbocycles. The Bertz CT molecular complexity index is 1050. The normalized spacial score (nSPS) is 12.2. The van der Waals surface area contributed by atoms with Gasteiger partial charge in [-0.2, -0.15) is 8.42 Å². The standard InChI is InChI=1S/C23H23NO5S/c1-18-12-14-21(15-13-18)30(26,27)29-17-22(20-10-6-3-7-11-20)24-23(25)28-16-19-8-4-2-5-9-19/h2-15,22H,16-17H2,1H3,(H,24,25)/t22-/m1/s1. The summed E-state index contributed by atoms with van der Waals surface area (Å²) in [6, 6.07) is 23.9. The third kappa shape index (κ3) is 6.17. The predicted molar refractivity (Wildman–Crippen MR) is 113 cm³/mol. The van der Waals surface area contributed by atoms with Gasteiger partial charge in [0.1, 0.15) is 6.61 Å². The van der Waals surface area contributed by atoms with Crippen LogP contribution in [0.15, 0.2) is 89.8 Å². The first kappa shape index (κ1) is 21.5. The summed E-state index contributed by atoms with van der Waals surface area (Å²) in [5.41, 5.74) is 2.49. The fourth-order valence-corrected chi connectivity index (χ4v) is 3.66. The van der Waals surface area contributed by atoms with Gasteiger partial charge in [0.25, 0.3) is 10.1 Å². The lowest BCUT2D eigenvalue weighted by molar-refractivity contribution is 0.131. The molecule has 1 N–H and O–H groups in total. The first-order valence-electron chi connectivity index (χ1n) is 9.42. The van der Waals surface area contributed by atoms with E-state index in [1.165, 1.54) is 12.1 Å². The van der Waals surface area contributed by atoms with Crippen LogP contribution in [0.25, 0.3) is 0 Å². The molecule has 1 amide bonds. The number of hydrogen-bond acceptors (Lipinski definition) is 5. The summed E-state index contributed by atoms with van der Waals surface area (Å²) in [7, 11) is -3.96. The van der Waals surface area contributed by atoms with E-state index in [2.05, 4.69) is 5.32 Å². The number of hydrogen-bond donors (Lipinski definition) is 1. The number of aryl methyl sites for hydroxylation is 1. The van der Waals surface area contributed by atoms with E-state index >= 15 is 0 Å². The molecule has 6 nitrogen and oxygen atoms in total. The van der Waals surface area contributed by atoms with Crippen molar-refractivity contribution in [3.8, 4) is 0 Å². The van der Waals surface area contributed by atoms with Crippen LogP contribution in [0.3, 0.4) is 0 Å². The summed E-state index contributed by atoms with van der Waals surface area (Å²) in [6.45, 7) is 1.71. The lowest BCUT2D eigenvalue weighted by atomic mass is 10.1. The third-order valence-corrected chi connectivity index (χ3v) is 5.70. The Hall–Kier alpha value is -3.16. The van der Waals surface area contributed by atoms with Crippen LogP contribution in [0.1, 0.15) is 22.7 Å². The maximum absolute atomic E-state index is 12.5. The lowest BCUT2D eigenvalue weighted by Crippen LogP contribution is -2.32. The van der Waals surface area contributed by atoms with Gasteiger partial charge in [0.15, 0.2) is 0 Å². The van der Waals surface area contributed by atoms with Crippen molar-refractivity contribution in [2.24, 2.45) is 0 Å². The summed E-state index contributed by atoms with van der Waals surface area (Å²) < 4.78 is 35.5. The Morgan fingerprint density at radius 2 is 1.50 bits per heavy atom. The summed E-state index contributed by atoms with van der Waals surface area (Å²) in [6.07, 6.45) is -0.663. The van der Waals surface area contributed by atoms with Crippen LogP contribution in [0.5, 0.6) is 0 Å². The van der Waals surface area contributed by atoms with E-state index in [9.17, 15) is 13.2 Å². The van der Waals surface area contributed by atoms with E-state index in [-0.39, 0.29) is 18.1 Å². The van der Waals surface area contributed by atoms with E-state index in [1.807, 2.05) is 43.3 Å². The molecule has 3 rings (SSSR count). The van der Waals surface area contributed by atoms with Gasteiger partial charge in [-0.15, -0.1) is 0 Å². The monoisotopic (exact) mass is 425 g/mol. The average Bonchev–Trinajstić information content (AvgIpc) is 2.77. The smallest absolute Gasteiger partial charge is 0.408 e. The van der Waals surface area contributed by atoms with Crippen molar-refractivity contribution in [1.29, 1.82) is 0 Å². The summed E-state index contributed by atoms with van der Waals surface area (Å²) in [5, 5.41) is 2.69. The Morgan fingerprint density at radius 3 is 2.13 bits per heavy atom. The molecule has 0 bridgehead atoms. The molecule has 0 fully saturated rings. The SMILES string of the molecule is Cc1ccc(S(=O)(=O)OC[C@@H](NC(=O)OCc2ccccc2)c2ccccc2)cc1. The maximum Gasteiger partial charge on any atom is 0.408 e. The van der Waals surface area contributed by atoms with Gasteiger partial charge in [-0.1, -0.05) is 78.4 Å². The average molecular weight is 426 g/mol. The molecule has 0 radical (unpaired) electrons. The number of amides is 1. The highest BCUT2D eigenvalue weighted by atomic mass is 32.2. The van der Waals surface area contributed by atoms with Gasteiger partial charge in [0.2, 0.25) is 0 Å². The molecule has 30 heavy (non-hydrogen) atoms. The first-order valence-corrected chi connectivity index (χ1v) is 10.8. The van der Waals surface area contributed by atoms with Gasteiger partial charge in [0.05, 0.1) is 17.5 Å². The van der Waals surface area contributed by atoms with Gasteiger partial charge in [-0.3, -0.25) is 4.18 Å². The molecule has 0 aromatic heterocycles. The van der Waals surface area contributed by atoms with Crippen LogP contribution in [-0.4, -0.2) is 21.1 Å². The van der Waals surface area contributed by atoms with Crippen molar-refractivity contribution in [2.45, 2.75) is 24.5 Å². The van der Waals surface area contributed by atoms with Crippen LogP contribution in [0, 0.1) is 6.92 Å². The summed E-state index contributed by atoms with van der Waals surface area (Å²) >= 11 is 0. The highest BCUT2D eigenvalue weighted by molar-refractivity contribution is 7.86. The Labute approximate surface area is 176 Å². The number of rotatable bonds is 8. The minimum Gasteiger partial charge on any atom is -0.445 e. The van der Waals surface area contributed by atoms with Crippen molar-refractivity contribution in [2.75, 3.05) is 6.61 Å². The van der Waals surface area contributed by atoms with Gasteiger partial charge in [0, 0.05) is 0 Å². The van der Waals surface area contributed by atoms with Crippen molar-refractivity contribution in [1.82, 2.24) is 5.32 Å². The van der Waals surface area contributed by atoms with Crippen molar-refractivity contribution in [3.05, 3.63) is 102 Å². The van der Waals surface area contributed by atoms with E-state index in [0.717, 1.165) is 11.1 Å². The second kappa shape index (κ2) is 10.0. The highest BCUT2D eigenvalue weighted by Gasteiger charge is 2.21. The number of ether oxygens (including phenoxy) is 1. The summed E-state index contributed by atoms with van der Waals surface area (Å²) in [5.74, 6) is 0. The number of carbonyl (C=O) groups is 1. The van der Waals surface area contributed by atoms with E-state index in [1.54, 1.807) is 36.4 Å². The quantitative estimate of drug-likeness (QED) is 0.542. The van der Waals surface area contributed by atoms with Crippen LogP contribution in [-0.2, 0) is 25.6 Å². The largest absolute Gasteiger partial charge is 0.445 e. The van der Waals surface area contributed by atoms with Crippen molar-refractivity contribution in [3.63, 3.8) is 0 Å². The van der Waals surface area contributed by atoms with Gasteiger partial charge in [-0.25, -0.2) is 4.79 Å². The van der Waals surface area contributed by atoms with Crippen LogP contribution in [0.2, 0.25) is 0 Å². The number of nitrogens with one attached hydrogen (secondary N) is 1. The van der Waals surface area contributed by atoms with Crippen LogP contribution in [0.4, 0.5) is 4.79 Å². The zero-order chi connectivity index (χ0) is 21.4. The van der Waals surface area contributed by atoms with E-state index in [0.29, 0.717) is 5.56 Å². The molecule has 0 heterocycles. The minimum absolute atomic E-state index is 0.0616. The zero-order valence-corrected chi connectivity index (χ0v) is 17.3. The minimum atomic E-state index is -3.96. The highest BCUT2D eigenvalue weighted by Crippen LogP contribution is 2.18. The maximum atomic E-state index is 12.5. The molecular weight excluding hydrogens is 402 g/mol. The molecule has 0 aliphatic rings. The molecule has 1 atom stereocenters. The fraction of sp³-hybridized carbons (Fsp3) is 0.174. The predicted octanol–water partition coefficient (Wildman–Crippen LogP) is 4.37. The second-order valence-electron chi connectivity index (χ2n) is 6.72. The molecule has 0 saturated heterocycles. The zero-order valence-electron chi connectivity index (χ0n) is 16.5. The Balaban J connectivity index is 1.67. The van der Waals surface area contributed by atoms with Crippen LogP contribution >= 0.6 is 0 Å². The Kier molecular flexibility index (Phi) is 7.21. The fourth-order valence-electron chi connectivity index (χ4n) is 2.74. The van der Waals surface area contributed by atoms with E-state index < -0.39 is 22.3 Å². The molecule has 3 aromatic carbocycles. The van der Waals surface area contributed by atoms with Gasteiger partial charge in [-0.05, 0) is 30.2 Å². The molecule has 0 aliphatic carbocycles. The van der Waals surface area contributed by atoms with Gasteiger partial charge >= 0.3 is 6.09 Å². The number of benzene rings is 3. The first-order chi connectivity index (χ1) is 14.4. The van der Waals surface area contributed by atoms with Crippen LogP contribution < -0.4 is 5.32 Å². The lowest BCUT2D eigenvalue weighted by Gasteiger charge is -2.19. The van der Waals surface area contributed by atoms with Crippen molar-refractivity contribution >= 4 is 16.2 Å². The molecule has 0 unspecified atom stereocenters. The number of alkyl carbamates (subject to hydrolysis) is 1. The molecule has 7 heteroatoms. The van der Waals surface area contributed by atoms with Gasteiger partial charge < -0.3 is 10.1 Å². The number of carbonyl (C=O) groups excluding carboxylic acids is 1. The topological polar surface area (TPSA) is 81.7 Å². The molecule has 156 valence electrons. The van der Waals surface area contributed by atoms with E-state index in [4.69, 9.17) is 8.92 Å². The Morgan fingerprint density at radius 1 is 0.900 bits per heavy atom. The van der Waals surface area contributed by atoms with Crippen molar-refractivity contribution < 1.29 is 22.1 Å². The molecular formula is C23H23NO5S. The molecule has 0 aliphatic heterocycles. The molecule has 0 spiro atoms. The molecule has 3 aromatic rings. The summed E-state index contributed by atoms with van der Waals surface area (Å²) in [4.78, 5) is 12.4.